The summed E-state index contributed by atoms with van der Waals surface area (Å²) in [6.07, 6.45) is 0.795. The van der Waals surface area contributed by atoms with Crippen molar-refractivity contribution in [3.63, 3.8) is 0 Å². The van der Waals surface area contributed by atoms with Crippen molar-refractivity contribution < 1.29 is 9.53 Å². The van der Waals surface area contributed by atoms with Crippen LogP contribution in [0.5, 0.6) is 0 Å². The Kier molecular flexibility index (Phi) is 3.94. The maximum absolute atomic E-state index is 12.4. The van der Waals surface area contributed by atoms with Crippen LogP contribution in [-0.4, -0.2) is 27.3 Å². The molecule has 0 saturated carbocycles. The number of nitrogens with zero attached hydrogens (tertiary/aromatic N) is 3. The summed E-state index contributed by atoms with van der Waals surface area (Å²) < 4.78 is 7.03. The molecule has 3 aromatic rings. The number of pyridine rings is 1. The number of rotatable bonds is 4. The number of carbonyl (C=O) groups excluding carboxylic acids is 1. The monoisotopic (exact) mass is 315 g/mol. The predicted molar refractivity (Wildman–Crippen MR) is 87.1 cm³/mol. The Bertz CT molecular complexity index is 822. The molecule has 0 aliphatic carbocycles. The van der Waals surface area contributed by atoms with Crippen LogP contribution in [0.3, 0.4) is 0 Å². The molecule has 0 aromatic carbocycles. The third-order valence-electron chi connectivity index (χ3n) is 3.40. The summed E-state index contributed by atoms with van der Waals surface area (Å²) in [5.74, 6) is -0.317. The maximum Gasteiger partial charge on any atom is 0.339 e. The van der Waals surface area contributed by atoms with Crippen LogP contribution < -0.4 is 0 Å². The minimum Gasteiger partial charge on any atom is -0.462 e. The van der Waals surface area contributed by atoms with Crippen LogP contribution in [-0.2, 0) is 11.8 Å². The Morgan fingerprint density at radius 1 is 1.45 bits per heavy atom. The third kappa shape index (κ3) is 2.50. The summed E-state index contributed by atoms with van der Waals surface area (Å²) in [4.78, 5) is 18.1. The van der Waals surface area contributed by atoms with Crippen LogP contribution in [0.4, 0.5) is 0 Å². The first kappa shape index (κ1) is 14.7. The van der Waals surface area contributed by atoms with Crippen LogP contribution in [0.1, 0.15) is 29.4 Å². The highest BCUT2D eigenvalue weighted by molar-refractivity contribution is 7.13. The van der Waals surface area contributed by atoms with E-state index >= 15 is 0 Å². The summed E-state index contributed by atoms with van der Waals surface area (Å²) in [7, 11) is 1.84. The minimum atomic E-state index is -0.317. The smallest absolute Gasteiger partial charge is 0.339 e. The fourth-order valence-corrected chi connectivity index (χ4v) is 3.12. The molecule has 0 atom stereocenters. The minimum absolute atomic E-state index is 0.317. The van der Waals surface area contributed by atoms with Crippen molar-refractivity contribution in [2.45, 2.75) is 20.3 Å². The topological polar surface area (TPSA) is 57.0 Å². The van der Waals surface area contributed by atoms with Gasteiger partial charge in [0.1, 0.15) is 0 Å². The van der Waals surface area contributed by atoms with Gasteiger partial charge in [-0.1, -0.05) is 13.0 Å². The Balaban J connectivity index is 2.21. The second kappa shape index (κ2) is 5.88. The molecule has 22 heavy (non-hydrogen) atoms. The van der Waals surface area contributed by atoms with Gasteiger partial charge in [-0.05, 0) is 30.9 Å². The number of aromatic nitrogens is 3. The molecule has 0 radical (unpaired) electrons. The predicted octanol–water partition coefficient (Wildman–Crippen LogP) is 3.57. The number of hydrogen-bond donors (Lipinski definition) is 0. The van der Waals surface area contributed by atoms with E-state index in [0.717, 1.165) is 28.1 Å². The molecule has 0 bridgehead atoms. The first-order valence-corrected chi connectivity index (χ1v) is 8.05. The average molecular weight is 315 g/mol. The van der Waals surface area contributed by atoms with Gasteiger partial charge >= 0.3 is 5.97 Å². The normalized spacial score (nSPS) is 11.0. The van der Waals surface area contributed by atoms with Gasteiger partial charge in [0.15, 0.2) is 5.65 Å². The van der Waals surface area contributed by atoms with E-state index in [-0.39, 0.29) is 5.97 Å². The Morgan fingerprint density at radius 3 is 2.95 bits per heavy atom. The highest BCUT2D eigenvalue weighted by atomic mass is 32.1. The van der Waals surface area contributed by atoms with Gasteiger partial charge in [-0.25, -0.2) is 9.78 Å². The van der Waals surface area contributed by atoms with Crippen molar-refractivity contribution in [2.24, 2.45) is 7.05 Å². The van der Waals surface area contributed by atoms with E-state index in [4.69, 9.17) is 4.74 Å². The third-order valence-corrected chi connectivity index (χ3v) is 4.29. The Morgan fingerprint density at radius 2 is 2.27 bits per heavy atom. The van der Waals surface area contributed by atoms with Crippen molar-refractivity contribution in [1.82, 2.24) is 14.8 Å². The lowest BCUT2D eigenvalue weighted by molar-refractivity contribution is 0.0507. The van der Waals surface area contributed by atoms with Crippen molar-refractivity contribution in [2.75, 3.05) is 6.61 Å². The number of esters is 1. The molecule has 0 saturated heterocycles. The Labute approximate surface area is 132 Å². The first-order chi connectivity index (χ1) is 10.6. The molecule has 5 nitrogen and oxygen atoms in total. The summed E-state index contributed by atoms with van der Waals surface area (Å²) in [6.45, 7) is 4.27. The fourth-order valence-electron chi connectivity index (χ4n) is 2.43. The van der Waals surface area contributed by atoms with Crippen LogP contribution >= 0.6 is 11.3 Å². The van der Waals surface area contributed by atoms with Gasteiger partial charge in [-0.2, -0.15) is 5.10 Å². The molecule has 0 fully saturated rings. The molecule has 3 rings (SSSR count). The molecule has 114 valence electrons. The molecule has 0 unspecified atom stereocenters. The van der Waals surface area contributed by atoms with E-state index in [0.29, 0.717) is 17.8 Å². The van der Waals surface area contributed by atoms with E-state index in [1.54, 1.807) is 22.1 Å². The number of hydrogen-bond acceptors (Lipinski definition) is 5. The molecule has 0 aliphatic heterocycles. The summed E-state index contributed by atoms with van der Waals surface area (Å²) in [6, 6.07) is 5.76. The van der Waals surface area contributed by atoms with E-state index in [1.165, 1.54) is 0 Å². The SMILES string of the molecule is CCCOC(=O)c1cc(-c2cccs2)nc2c1c(C)nn2C. The number of ether oxygens (including phenoxy) is 1. The highest BCUT2D eigenvalue weighted by Gasteiger charge is 2.20. The molecule has 0 spiro atoms. The summed E-state index contributed by atoms with van der Waals surface area (Å²) in [5, 5.41) is 7.14. The quantitative estimate of drug-likeness (QED) is 0.691. The van der Waals surface area contributed by atoms with Gasteiger partial charge in [0, 0.05) is 7.05 Å². The Hall–Kier alpha value is -2.21. The lowest BCUT2D eigenvalue weighted by atomic mass is 10.1. The number of fused-ring (bicyclic) bond motifs is 1. The van der Waals surface area contributed by atoms with E-state index in [1.807, 2.05) is 38.4 Å². The zero-order valence-electron chi connectivity index (χ0n) is 12.8. The van der Waals surface area contributed by atoms with Crippen molar-refractivity contribution in [1.29, 1.82) is 0 Å². The number of aryl methyl sites for hydroxylation is 2. The van der Waals surface area contributed by atoms with Crippen molar-refractivity contribution >= 4 is 28.3 Å². The second-order valence-corrected chi connectivity index (χ2v) is 6.02. The standard InChI is InChI=1S/C16H17N3O2S/c1-4-7-21-16(20)11-9-12(13-6-5-8-22-13)17-15-14(11)10(2)18-19(15)3/h5-6,8-9H,4,7H2,1-3H3. The van der Waals surface area contributed by atoms with Crippen molar-refractivity contribution in [3.05, 3.63) is 34.8 Å². The average Bonchev–Trinajstić information content (AvgIpc) is 3.13. The largest absolute Gasteiger partial charge is 0.462 e. The lowest BCUT2D eigenvalue weighted by Crippen LogP contribution is -2.08. The molecule has 0 aliphatic rings. The van der Waals surface area contributed by atoms with Crippen LogP contribution in [0.15, 0.2) is 23.6 Å². The van der Waals surface area contributed by atoms with E-state index in [2.05, 4.69) is 10.1 Å². The van der Waals surface area contributed by atoms with E-state index < -0.39 is 0 Å². The first-order valence-electron chi connectivity index (χ1n) is 7.17. The zero-order chi connectivity index (χ0) is 15.7. The number of thiophene rings is 1. The molecule has 6 heteroatoms. The molecule has 3 aromatic heterocycles. The van der Waals surface area contributed by atoms with Gasteiger partial charge in [0.2, 0.25) is 0 Å². The van der Waals surface area contributed by atoms with Gasteiger partial charge in [-0.15, -0.1) is 11.3 Å². The highest BCUT2D eigenvalue weighted by Crippen LogP contribution is 2.29. The van der Waals surface area contributed by atoms with Gasteiger partial charge < -0.3 is 4.74 Å². The summed E-state index contributed by atoms with van der Waals surface area (Å²) >= 11 is 1.59. The maximum atomic E-state index is 12.4. The van der Waals surface area contributed by atoms with Gasteiger partial charge in [0.25, 0.3) is 0 Å². The lowest BCUT2D eigenvalue weighted by Gasteiger charge is -2.07. The molecule has 3 heterocycles. The van der Waals surface area contributed by atoms with Crippen molar-refractivity contribution in [3.8, 4) is 10.6 Å². The van der Waals surface area contributed by atoms with Gasteiger partial charge in [0.05, 0.1) is 33.8 Å². The second-order valence-electron chi connectivity index (χ2n) is 5.08. The fraction of sp³-hybridized carbons (Fsp3) is 0.312. The molecular formula is C16H17N3O2S. The van der Waals surface area contributed by atoms with Crippen LogP contribution in [0, 0.1) is 6.92 Å². The molecule has 0 N–H and O–H groups in total. The van der Waals surface area contributed by atoms with Crippen LogP contribution in [0.2, 0.25) is 0 Å². The molecular weight excluding hydrogens is 298 g/mol. The van der Waals surface area contributed by atoms with Gasteiger partial charge in [-0.3, -0.25) is 4.68 Å². The summed E-state index contributed by atoms with van der Waals surface area (Å²) in [5.41, 5.74) is 2.79. The van der Waals surface area contributed by atoms with E-state index in [9.17, 15) is 4.79 Å². The number of carbonyl (C=O) groups is 1. The zero-order valence-corrected chi connectivity index (χ0v) is 13.6. The molecule has 0 amide bonds. The van der Waals surface area contributed by atoms with Crippen LogP contribution in [0.25, 0.3) is 21.6 Å².